The fourth-order valence-corrected chi connectivity index (χ4v) is 8.83. The lowest BCUT2D eigenvalue weighted by molar-refractivity contribution is -0.160. The maximum Gasteiger partial charge on any atom is 0.312 e. The topological polar surface area (TPSA) is 191 Å². The zero-order chi connectivity index (χ0) is 41.7. The average Bonchev–Trinajstić information content (AvgIpc) is 3.45. The molecule has 4 N–H and O–H groups in total. The van der Waals surface area contributed by atoms with Crippen LogP contribution in [0.2, 0.25) is 0 Å². The first-order valence-corrected chi connectivity index (χ1v) is 19.6. The van der Waals surface area contributed by atoms with E-state index in [1.54, 1.807) is 58.9 Å². The summed E-state index contributed by atoms with van der Waals surface area (Å²) in [5.41, 5.74) is 0.233. The van der Waals surface area contributed by atoms with Crippen LogP contribution in [0.5, 0.6) is 11.5 Å². The Bertz CT molecular complexity index is 2380. The zero-order valence-electron chi connectivity index (χ0n) is 33.3. The lowest BCUT2D eigenvalue weighted by Gasteiger charge is -2.38. The Morgan fingerprint density at radius 3 is 2.37 bits per heavy atom. The van der Waals surface area contributed by atoms with Crippen molar-refractivity contribution in [2.45, 2.75) is 85.6 Å². The van der Waals surface area contributed by atoms with Crippen LogP contribution in [0.4, 0.5) is 5.69 Å². The number of nitrogens with zero attached hydrogens (tertiary/aromatic N) is 1. The summed E-state index contributed by atoms with van der Waals surface area (Å²) in [5, 5.41) is 37.1. The first-order chi connectivity index (χ1) is 26.9. The summed E-state index contributed by atoms with van der Waals surface area (Å²) in [6, 6.07) is 7.22. The van der Waals surface area contributed by atoms with Gasteiger partial charge in [-0.3, -0.25) is 19.2 Å². The van der Waals surface area contributed by atoms with Crippen LogP contribution in [-0.2, 0) is 23.8 Å². The standard InChI is InChI=1S/C43H48N2O11S/c1-19-13-12-14-20(2)42(52)45-33-37(50)30-29(32-40(33)57-28-16-11-10-15-26(28)44-32)31-39(24(6)36(30)49)56-43(8,41(31)51)54-18-17-27(53-9)21(3)38(55-25(7)46)23(5)35(48)22(4)34(19)47/h10-19,21-23,27,34-35,38,47-49H,1-9H3,(H,45,52)/b13-12+,18-17+,20-14-/t19-,21+,22+,23+,27-,34-,35+,38+,43-/m0/s1. The Hall–Kier alpha value is -5.15. The predicted octanol–water partition coefficient (Wildman–Crippen LogP) is 6.42. The summed E-state index contributed by atoms with van der Waals surface area (Å²) < 4.78 is 24.5. The number of hydrogen-bond donors (Lipinski definition) is 4. The molecule has 302 valence electrons. The molecule has 57 heavy (non-hydrogen) atoms. The lowest BCUT2D eigenvalue weighted by Crippen LogP contribution is -2.46. The number of anilines is 1. The van der Waals surface area contributed by atoms with Gasteiger partial charge >= 0.3 is 11.8 Å². The van der Waals surface area contributed by atoms with Crippen LogP contribution < -0.4 is 15.5 Å². The van der Waals surface area contributed by atoms with Gasteiger partial charge in [0.1, 0.15) is 23.3 Å². The summed E-state index contributed by atoms with van der Waals surface area (Å²) in [7, 11) is 1.45. The van der Waals surface area contributed by atoms with Gasteiger partial charge in [-0.25, -0.2) is 4.98 Å². The second kappa shape index (κ2) is 16.0. The molecule has 6 rings (SSSR count). The molecule has 4 aliphatic rings. The molecule has 1 aliphatic carbocycles. The van der Waals surface area contributed by atoms with E-state index in [1.807, 2.05) is 12.1 Å². The molecule has 0 saturated heterocycles. The number of carbonyl (C=O) groups is 3. The van der Waals surface area contributed by atoms with Crippen molar-refractivity contribution < 1.29 is 48.7 Å². The second-order valence-corrected chi connectivity index (χ2v) is 16.2. The van der Waals surface area contributed by atoms with Crippen molar-refractivity contribution in [3.05, 3.63) is 81.8 Å². The number of methoxy groups -OCH3 is 1. The van der Waals surface area contributed by atoms with E-state index in [1.165, 1.54) is 57.6 Å². The monoisotopic (exact) mass is 800 g/mol. The van der Waals surface area contributed by atoms with Crippen LogP contribution in [0, 0.1) is 30.6 Å². The maximum absolute atomic E-state index is 14.5. The zero-order valence-corrected chi connectivity index (χ0v) is 34.1. The number of nitrogens with one attached hydrogen (secondary N) is 1. The van der Waals surface area contributed by atoms with E-state index in [2.05, 4.69) is 5.32 Å². The molecular formula is C43H48N2O11S. The number of aromatic nitrogens is 1. The number of benzene rings is 3. The third-order valence-corrected chi connectivity index (χ3v) is 12.4. The SMILES string of the molecule is CO[C@H]1/C=C/O[C@@]2(C)Oc3c(C)c(O)c4c(=O)c(c5sc6ccccc6nc-5c4c3C2=O)NC(=O)/C(C)=C\C=C\[C@H](C)[C@H](O)[C@@H](C)[C@@H](O)[C@@H](C)[C@H](OC(C)=O)[C@@H]1C. The number of Topliss-reactive ketones (excluding diaryl/α,β-unsaturated/α-hetero) is 1. The fourth-order valence-electron chi connectivity index (χ4n) is 7.75. The van der Waals surface area contributed by atoms with Crippen LogP contribution in [0.15, 0.2) is 65.2 Å². The van der Waals surface area contributed by atoms with Gasteiger partial charge in [0.2, 0.25) is 5.43 Å². The Morgan fingerprint density at radius 1 is 0.982 bits per heavy atom. The molecule has 3 aliphatic heterocycles. The normalized spacial score (nSPS) is 30.8. The number of aliphatic hydroxyl groups excluding tert-OH is 2. The number of carbonyl (C=O) groups excluding carboxylic acids is 3. The van der Waals surface area contributed by atoms with Crippen LogP contribution in [0.3, 0.4) is 0 Å². The van der Waals surface area contributed by atoms with Crippen molar-refractivity contribution in [1.82, 2.24) is 4.98 Å². The van der Waals surface area contributed by atoms with Gasteiger partial charge in [0.05, 0.1) is 56.3 Å². The maximum atomic E-state index is 14.5. The Kier molecular flexibility index (Phi) is 11.6. The highest BCUT2D eigenvalue weighted by molar-refractivity contribution is 7.22. The molecule has 2 aromatic rings. The number of aromatic hydroxyl groups is 1. The van der Waals surface area contributed by atoms with Crippen molar-refractivity contribution >= 4 is 55.7 Å². The van der Waals surface area contributed by atoms with E-state index in [4.69, 9.17) is 23.9 Å². The largest absolute Gasteiger partial charge is 0.507 e. The van der Waals surface area contributed by atoms with Crippen molar-refractivity contribution in [3.8, 4) is 22.1 Å². The number of phenolic OH excluding ortho intramolecular Hbond substituents is 1. The van der Waals surface area contributed by atoms with Crippen LogP contribution in [-0.4, -0.2) is 75.3 Å². The minimum absolute atomic E-state index is 0.00867. The molecule has 13 nitrogen and oxygen atoms in total. The summed E-state index contributed by atoms with van der Waals surface area (Å²) >= 11 is 1.20. The molecule has 14 heteroatoms. The number of hydrogen-bond acceptors (Lipinski definition) is 13. The summed E-state index contributed by atoms with van der Waals surface area (Å²) in [4.78, 5) is 60.3. The van der Waals surface area contributed by atoms with Gasteiger partial charge in [0.25, 0.3) is 11.7 Å². The summed E-state index contributed by atoms with van der Waals surface area (Å²) in [6.45, 7) is 12.7. The van der Waals surface area contributed by atoms with Crippen molar-refractivity contribution in [2.24, 2.45) is 23.7 Å². The number of fused-ring (bicyclic) bond motifs is 2. The molecule has 0 unspecified atom stereocenters. The molecule has 1 amide bonds. The minimum Gasteiger partial charge on any atom is -0.507 e. The highest BCUT2D eigenvalue weighted by Crippen LogP contribution is 2.51. The quantitative estimate of drug-likeness (QED) is 0.0991. The second-order valence-electron chi connectivity index (χ2n) is 15.2. The molecule has 9 atom stereocenters. The molecule has 0 fully saturated rings. The number of para-hydroxylation sites is 1. The van der Waals surface area contributed by atoms with Gasteiger partial charge in [0, 0.05) is 61.2 Å². The van der Waals surface area contributed by atoms with E-state index >= 15 is 0 Å². The van der Waals surface area contributed by atoms with E-state index in [9.17, 15) is 34.5 Å². The predicted molar refractivity (Wildman–Crippen MR) is 217 cm³/mol. The number of allylic oxidation sites excluding steroid dienone is 2. The summed E-state index contributed by atoms with van der Waals surface area (Å²) in [6.07, 6.45) is 3.81. The molecule has 0 aromatic heterocycles. The first kappa shape index (κ1) is 41.5. The van der Waals surface area contributed by atoms with Gasteiger partial charge < -0.3 is 39.6 Å². The van der Waals surface area contributed by atoms with Crippen LogP contribution in [0.1, 0.15) is 64.4 Å². The molecule has 0 spiro atoms. The van der Waals surface area contributed by atoms with E-state index in [0.717, 1.165) is 0 Å². The van der Waals surface area contributed by atoms with Crippen LogP contribution >= 0.6 is 11.3 Å². The number of esters is 1. The van der Waals surface area contributed by atoms with Gasteiger partial charge in [-0.15, -0.1) is 11.3 Å². The smallest absolute Gasteiger partial charge is 0.312 e. The molecule has 0 radical (unpaired) electrons. The van der Waals surface area contributed by atoms with Crippen molar-refractivity contribution in [2.75, 3.05) is 12.4 Å². The number of phenols is 1. The van der Waals surface area contributed by atoms with Crippen molar-refractivity contribution in [3.63, 3.8) is 0 Å². The Balaban J connectivity index is 1.57. The molecule has 2 aromatic carbocycles. The highest BCUT2D eigenvalue weighted by atomic mass is 32.1. The Labute approximate surface area is 334 Å². The van der Waals surface area contributed by atoms with Gasteiger partial charge in [0.15, 0.2) is 0 Å². The van der Waals surface area contributed by atoms with Crippen molar-refractivity contribution in [1.29, 1.82) is 0 Å². The summed E-state index contributed by atoms with van der Waals surface area (Å²) in [5.74, 6) is -6.63. The lowest BCUT2D eigenvalue weighted by atomic mass is 9.78. The minimum atomic E-state index is -1.97. The van der Waals surface area contributed by atoms with E-state index in [0.29, 0.717) is 10.2 Å². The molecule has 0 saturated carbocycles. The van der Waals surface area contributed by atoms with Crippen LogP contribution in [0.25, 0.3) is 31.6 Å². The van der Waals surface area contributed by atoms with Gasteiger partial charge in [-0.05, 0) is 32.1 Å². The number of ketones is 1. The molecular weight excluding hydrogens is 753 g/mol. The third kappa shape index (κ3) is 7.42. The third-order valence-electron chi connectivity index (χ3n) is 11.2. The average molecular weight is 801 g/mol. The number of rotatable bonds is 2. The van der Waals surface area contributed by atoms with Gasteiger partial charge in [-0.1, -0.05) is 58.1 Å². The van der Waals surface area contributed by atoms with E-state index < -0.39 is 82.7 Å². The van der Waals surface area contributed by atoms with Gasteiger partial charge in [-0.2, -0.15) is 0 Å². The Morgan fingerprint density at radius 2 is 1.68 bits per heavy atom. The van der Waals surface area contributed by atoms with E-state index in [-0.39, 0.29) is 49.5 Å². The fraction of sp³-hybridized carbons (Fsp3) is 0.419. The first-order valence-electron chi connectivity index (χ1n) is 18.8. The molecule has 4 bridgehead atoms. The highest BCUT2D eigenvalue weighted by Gasteiger charge is 2.50. The number of aliphatic hydroxyl groups is 2. The number of amides is 1. The number of ether oxygens (including phenoxy) is 4. The molecule has 3 heterocycles.